The van der Waals surface area contributed by atoms with Crippen LogP contribution >= 0.6 is 0 Å². The summed E-state index contributed by atoms with van der Waals surface area (Å²) in [5, 5.41) is 5.50. The number of amides is 2. The topological polar surface area (TPSA) is 123 Å². The van der Waals surface area contributed by atoms with Crippen LogP contribution in [0.2, 0.25) is 0 Å². The molecule has 2 aromatic carbocycles. The van der Waals surface area contributed by atoms with E-state index in [1.165, 1.54) is 0 Å². The summed E-state index contributed by atoms with van der Waals surface area (Å²) in [6, 6.07) is 15.8. The predicted molar refractivity (Wildman–Crippen MR) is 138 cm³/mol. The lowest BCUT2D eigenvalue weighted by Gasteiger charge is -2.34. The number of piperidine rings is 1. The average Bonchev–Trinajstić information content (AvgIpc) is 2.88. The summed E-state index contributed by atoms with van der Waals surface area (Å²) < 4.78 is 10.5. The van der Waals surface area contributed by atoms with Gasteiger partial charge in [-0.05, 0) is 43.0 Å². The van der Waals surface area contributed by atoms with E-state index >= 15 is 0 Å². The molecule has 4 N–H and O–H groups in total. The number of hydrogen-bond acceptors (Lipinski definition) is 7. The third-order valence-electron chi connectivity index (χ3n) is 6.02. The molecule has 0 aromatic heterocycles. The molecule has 1 heterocycles. The second-order valence-electron chi connectivity index (χ2n) is 8.91. The van der Waals surface area contributed by atoms with E-state index in [4.69, 9.17) is 15.2 Å². The highest BCUT2D eigenvalue weighted by Gasteiger charge is 2.28. The Morgan fingerprint density at radius 1 is 1.06 bits per heavy atom. The molecule has 2 aromatic rings. The maximum Gasteiger partial charge on any atom is 0.408 e. The molecular weight excluding hydrogens is 460 g/mol. The van der Waals surface area contributed by atoms with E-state index in [9.17, 15) is 14.4 Å². The zero-order chi connectivity index (χ0) is 25.8. The minimum Gasteiger partial charge on any atom is -0.464 e. The lowest BCUT2D eigenvalue weighted by atomic mass is 10.0. The Balaban J connectivity index is 1.50. The Bertz CT molecular complexity index is 993. The van der Waals surface area contributed by atoms with Crippen LogP contribution in [0.3, 0.4) is 0 Å². The molecule has 9 nitrogen and oxygen atoms in total. The number of benzene rings is 2. The van der Waals surface area contributed by atoms with E-state index in [-0.39, 0.29) is 31.6 Å². The number of alkyl carbamates (subject to hydrolysis) is 1. The summed E-state index contributed by atoms with van der Waals surface area (Å²) in [4.78, 5) is 39.9. The van der Waals surface area contributed by atoms with Crippen molar-refractivity contribution >= 4 is 29.3 Å². The van der Waals surface area contributed by atoms with E-state index in [0.717, 1.165) is 49.3 Å². The van der Waals surface area contributed by atoms with Gasteiger partial charge < -0.3 is 30.7 Å². The molecule has 0 saturated carbocycles. The first-order valence-electron chi connectivity index (χ1n) is 12.5. The number of anilines is 2. The Kier molecular flexibility index (Phi) is 10.4. The summed E-state index contributed by atoms with van der Waals surface area (Å²) in [6.45, 7) is 3.83. The molecule has 1 atom stereocenters. The first kappa shape index (κ1) is 26.8. The second kappa shape index (κ2) is 14.0. The molecule has 2 amide bonds. The molecule has 0 radical (unpaired) electrons. The van der Waals surface area contributed by atoms with Crippen LogP contribution in [0.5, 0.6) is 0 Å². The molecule has 1 aliphatic heterocycles. The van der Waals surface area contributed by atoms with Crippen molar-refractivity contribution in [2.75, 3.05) is 30.3 Å². The lowest BCUT2D eigenvalue weighted by Crippen LogP contribution is -2.49. The fraction of sp³-hybridized carbons (Fsp3) is 0.444. The smallest absolute Gasteiger partial charge is 0.408 e. The maximum absolute atomic E-state index is 12.8. The SMILES string of the molecule is CCCCOC(=O)[C@H](CC(=O)NC1CCN(c2cccc(N)c2)CC1)NC(=O)OCc1ccccc1. The standard InChI is InChI=1S/C27H36N4O5/c1-2-3-16-35-26(33)24(30-27(34)36-19-20-8-5-4-6-9-20)18-25(32)29-22-12-14-31(15-13-22)23-11-7-10-21(28)17-23/h4-11,17,22,24H,2-3,12-16,18-19,28H2,1H3,(H,29,32)(H,30,34)/t24-/m0/s1. The third kappa shape index (κ3) is 8.79. The largest absolute Gasteiger partial charge is 0.464 e. The van der Waals surface area contributed by atoms with Crippen molar-refractivity contribution < 1.29 is 23.9 Å². The molecule has 0 unspecified atom stereocenters. The highest BCUT2D eigenvalue weighted by molar-refractivity contribution is 5.88. The molecule has 3 rings (SSSR count). The van der Waals surface area contributed by atoms with Crippen LogP contribution in [-0.2, 0) is 25.7 Å². The van der Waals surface area contributed by atoms with Crippen molar-refractivity contribution in [2.45, 2.75) is 57.7 Å². The molecular formula is C27H36N4O5. The van der Waals surface area contributed by atoms with Gasteiger partial charge in [0, 0.05) is 30.5 Å². The molecule has 0 bridgehead atoms. The molecule has 0 spiro atoms. The van der Waals surface area contributed by atoms with Crippen LogP contribution in [0.15, 0.2) is 54.6 Å². The van der Waals surface area contributed by atoms with E-state index in [2.05, 4.69) is 15.5 Å². The minimum atomic E-state index is -1.13. The lowest BCUT2D eigenvalue weighted by molar-refractivity contribution is -0.147. The van der Waals surface area contributed by atoms with Gasteiger partial charge in [-0.25, -0.2) is 9.59 Å². The van der Waals surface area contributed by atoms with Crippen molar-refractivity contribution in [3.63, 3.8) is 0 Å². The Morgan fingerprint density at radius 2 is 1.81 bits per heavy atom. The number of hydrogen-bond donors (Lipinski definition) is 3. The molecule has 9 heteroatoms. The number of unbranched alkanes of at least 4 members (excludes halogenated alkanes) is 1. The summed E-state index contributed by atoms with van der Waals surface area (Å²) in [6.07, 6.45) is 2.09. The van der Waals surface area contributed by atoms with Crippen LogP contribution in [0.4, 0.5) is 16.2 Å². The molecule has 0 aliphatic carbocycles. The van der Waals surface area contributed by atoms with Crippen LogP contribution < -0.4 is 21.3 Å². The Morgan fingerprint density at radius 3 is 2.50 bits per heavy atom. The Hall–Kier alpha value is -3.75. The molecule has 1 fully saturated rings. The monoisotopic (exact) mass is 496 g/mol. The minimum absolute atomic E-state index is 0.0170. The maximum atomic E-state index is 12.8. The molecule has 194 valence electrons. The number of nitrogens with zero attached hydrogens (tertiary/aromatic N) is 1. The normalized spacial score (nSPS) is 14.5. The van der Waals surface area contributed by atoms with Crippen molar-refractivity contribution in [1.29, 1.82) is 0 Å². The van der Waals surface area contributed by atoms with Gasteiger partial charge in [0.1, 0.15) is 12.6 Å². The van der Waals surface area contributed by atoms with E-state index in [1.807, 2.05) is 61.5 Å². The zero-order valence-corrected chi connectivity index (χ0v) is 20.8. The zero-order valence-electron chi connectivity index (χ0n) is 20.8. The summed E-state index contributed by atoms with van der Waals surface area (Å²) in [5.41, 5.74) is 8.49. The summed E-state index contributed by atoms with van der Waals surface area (Å²) >= 11 is 0. The number of nitrogens with one attached hydrogen (secondary N) is 2. The van der Waals surface area contributed by atoms with Gasteiger partial charge in [0.05, 0.1) is 13.0 Å². The van der Waals surface area contributed by atoms with Crippen molar-refractivity contribution in [1.82, 2.24) is 10.6 Å². The van der Waals surface area contributed by atoms with Crippen molar-refractivity contribution in [2.24, 2.45) is 0 Å². The van der Waals surface area contributed by atoms with Gasteiger partial charge in [0.15, 0.2) is 0 Å². The first-order chi connectivity index (χ1) is 17.4. The van der Waals surface area contributed by atoms with Crippen molar-refractivity contribution in [3.05, 3.63) is 60.2 Å². The van der Waals surface area contributed by atoms with Crippen molar-refractivity contribution in [3.8, 4) is 0 Å². The van der Waals surface area contributed by atoms with Crippen LogP contribution in [0, 0.1) is 0 Å². The molecule has 36 heavy (non-hydrogen) atoms. The summed E-state index contributed by atoms with van der Waals surface area (Å²) in [5.74, 6) is -0.968. The number of carbonyl (C=O) groups is 3. The van der Waals surface area contributed by atoms with Gasteiger partial charge in [-0.2, -0.15) is 0 Å². The number of ether oxygens (including phenoxy) is 2. The highest BCUT2D eigenvalue weighted by Crippen LogP contribution is 2.22. The van der Waals surface area contributed by atoms with Gasteiger partial charge in [0.2, 0.25) is 5.91 Å². The predicted octanol–water partition coefficient (Wildman–Crippen LogP) is 3.38. The average molecular weight is 497 g/mol. The van der Waals surface area contributed by atoms with Crippen LogP contribution in [0.25, 0.3) is 0 Å². The third-order valence-corrected chi connectivity index (χ3v) is 6.02. The van der Waals surface area contributed by atoms with E-state index < -0.39 is 18.1 Å². The first-order valence-corrected chi connectivity index (χ1v) is 12.5. The quantitative estimate of drug-likeness (QED) is 0.248. The number of carbonyl (C=O) groups excluding carboxylic acids is 3. The molecule has 1 saturated heterocycles. The van der Waals surface area contributed by atoms with Gasteiger partial charge in [-0.1, -0.05) is 49.7 Å². The fourth-order valence-corrected chi connectivity index (χ4v) is 3.99. The Labute approximate surface area is 212 Å². The van der Waals surface area contributed by atoms with E-state index in [0.29, 0.717) is 6.42 Å². The number of rotatable bonds is 11. The van der Waals surface area contributed by atoms with Gasteiger partial charge in [0.25, 0.3) is 0 Å². The highest BCUT2D eigenvalue weighted by atomic mass is 16.6. The van der Waals surface area contributed by atoms with E-state index in [1.54, 1.807) is 0 Å². The van der Waals surface area contributed by atoms with Gasteiger partial charge >= 0.3 is 12.1 Å². The van der Waals surface area contributed by atoms with Crippen LogP contribution in [-0.4, -0.2) is 49.7 Å². The van der Waals surface area contributed by atoms with Gasteiger partial charge in [-0.3, -0.25) is 4.79 Å². The fourth-order valence-electron chi connectivity index (χ4n) is 3.99. The second-order valence-corrected chi connectivity index (χ2v) is 8.91. The number of nitrogen functional groups attached to an aromatic ring is 1. The number of nitrogens with two attached hydrogens (primary N) is 1. The molecule has 1 aliphatic rings. The van der Waals surface area contributed by atoms with Crippen LogP contribution in [0.1, 0.15) is 44.6 Å². The van der Waals surface area contributed by atoms with Gasteiger partial charge in [-0.15, -0.1) is 0 Å². The summed E-state index contributed by atoms with van der Waals surface area (Å²) in [7, 11) is 0. The number of esters is 1.